The molecule has 4 aromatic rings. The number of amides is 1. The van der Waals surface area contributed by atoms with E-state index in [0.29, 0.717) is 10.5 Å². The number of phenols is 1. The molecule has 42 heavy (non-hydrogen) atoms. The van der Waals surface area contributed by atoms with Crippen LogP contribution < -0.4 is 4.90 Å². The van der Waals surface area contributed by atoms with Gasteiger partial charge in [-0.1, -0.05) is 54.1 Å². The molecule has 0 fully saturated rings. The molecule has 2 N–H and O–H groups in total. The maximum absolute atomic E-state index is 13.6. The molecular formula is C32H30N2O7S. The fourth-order valence-electron chi connectivity index (χ4n) is 4.29. The Kier molecular flexibility index (Phi) is 9.51. The van der Waals surface area contributed by atoms with Crippen molar-refractivity contribution >= 4 is 34.5 Å². The minimum Gasteiger partial charge on any atom is -0.507 e. The zero-order chi connectivity index (χ0) is 30.4. The minimum atomic E-state index is -1.60. The second-order valence-corrected chi connectivity index (χ2v) is 11.2. The Balaban J connectivity index is 1.60. The van der Waals surface area contributed by atoms with Gasteiger partial charge in [-0.25, -0.2) is 18.1 Å². The second kappa shape index (κ2) is 13.2. The molecule has 1 amide bonds. The number of carboxylic acid groups (broad SMARTS) is 1. The Morgan fingerprint density at radius 1 is 0.881 bits per heavy atom. The van der Waals surface area contributed by atoms with Crippen LogP contribution >= 0.6 is 0 Å². The lowest BCUT2D eigenvalue weighted by molar-refractivity contribution is -0.118. The maximum Gasteiger partial charge on any atom is 0.339 e. The van der Waals surface area contributed by atoms with Gasteiger partial charge in [-0.15, -0.1) is 0 Å². The zero-order valence-corrected chi connectivity index (χ0v) is 24.1. The van der Waals surface area contributed by atoms with Crippen molar-refractivity contribution in [3.63, 3.8) is 0 Å². The molecule has 10 heteroatoms. The van der Waals surface area contributed by atoms with Crippen LogP contribution in [0, 0.1) is 6.92 Å². The SMILES string of the molecule is COC(=O)c1cccc(-c2ccc(CN(C(=O)CN(C)S(=O)c3ccc(C)cc3)c3ccc(C(=O)O)c(O)c3)cc2)c1. The van der Waals surface area contributed by atoms with Crippen molar-refractivity contribution in [1.82, 2.24) is 4.31 Å². The number of benzene rings is 4. The number of esters is 1. The van der Waals surface area contributed by atoms with Gasteiger partial charge in [0, 0.05) is 18.8 Å². The van der Waals surface area contributed by atoms with Crippen molar-refractivity contribution in [1.29, 1.82) is 0 Å². The van der Waals surface area contributed by atoms with Gasteiger partial charge in [0.15, 0.2) is 0 Å². The molecule has 0 spiro atoms. The number of aryl methyl sites for hydroxylation is 1. The van der Waals surface area contributed by atoms with Gasteiger partial charge in [-0.3, -0.25) is 4.79 Å². The molecule has 0 heterocycles. The van der Waals surface area contributed by atoms with Crippen molar-refractivity contribution < 1.29 is 33.5 Å². The highest BCUT2D eigenvalue weighted by atomic mass is 32.2. The van der Waals surface area contributed by atoms with Crippen LogP contribution in [-0.2, 0) is 27.1 Å². The van der Waals surface area contributed by atoms with Crippen molar-refractivity contribution in [3.8, 4) is 16.9 Å². The molecule has 9 nitrogen and oxygen atoms in total. The average Bonchev–Trinajstić information content (AvgIpc) is 2.99. The fourth-order valence-corrected chi connectivity index (χ4v) is 5.25. The summed E-state index contributed by atoms with van der Waals surface area (Å²) in [6.45, 7) is 1.81. The van der Waals surface area contributed by atoms with E-state index in [0.717, 1.165) is 22.3 Å². The summed E-state index contributed by atoms with van der Waals surface area (Å²) in [7, 11) is 1.31. The molecule has 4 aromatic carbocycles. The summed E-state index contributed by atoms with van der Waals surface area (Å²) in [6.07, 6.45) is 0. The van der Waals surface area contributed by atoms with Gasteiger partial charge in [0.2, 0.25) is 5.91 Å². The molecule has 0 bridgehead atoms. The lowest BCUT2D eigenvalue weighted by Gasteiger charge is -2.26. The molecule has 1 unspecified atom stereocenters. The predicted octanol–water partition coefficient (Wildman–Crippen LogP) is 5.04. The molecule has 0 saturated carbocycles. The molecule has 1 atom stereocenters. The van der Waals surface area contributed by atoms with E-state index in [9.17, 15) is 28.8 Å². The van der Waals surface area contributed by atoms with Crippen LogP contribution in [0.4, 0.5) is 5.69 Å². The number of carboxylic acids is 1. The molecular weight excluding hydrogens is 556 g/mol. The third-order valence-electron chi connectivity index (χ3n) is 6.60. The summed E-state index contributed by atoms with van der Waals surface area (Å²) in [4.78, 5) is 38.9. The average molecular weight is 587 g/mol. The van der Waals surface area contributed by atoms with E-state index in [-0.39, 0.29) is 24.3 Å². The number of methoxy groups -OCH3 is 1. The van der Waals surface area contributed by atoms with Gasteiger partial charge in [-0.2, -0.15) is 0 Å². The molecule has 0 aliphatic carbocycles. The Hall–Kier alpha value is -4.80. The number of rotatable bonds is 10. The van der Waals surface area contributed by atoms with Gasteiger partial charge < -0.3 is 19.8 Å². The van der Waals surface area contributed by atoms with Crippen LogP contribution in [0.1, 0.15) is 31.8 Å². The minimum absolute atomic E-state index is 0.0954. The largest absolute Gasteiger partial charge is 0.507 e. The third kappa shape index (κ3) is 7.09. The quantitative estimate of drug-likeness (QED) is 0.250. The molecule has 0 saturated heterocycles. The number of ether oxygens (including phenoxy) is 1. The number of anilines is 1. The van der Waals surface area contributed by atoms with E-state index >= 15 is 0 Å². The summed E-state index contributed by atoms with van der Waals surface area (Å²) < 4.78 is 19.3. The van der Waals surface area contributed by atoms with E-state index in [4.69, 9.17) is 4.74 Å². The smallest absolute Gasteiger partial charge is 0.339 e. The predicted molar refractivity (Wildman–Crippen MR) is 160 cm³/mol. The van der Waals surface area contributed by atoms with Gasteiger partial charge in [0.1, 0.15) is 22.3 Å². The number of aromatic hydroxyl groups is 1. The first-order chi connectivity index (χ1) is 20.1. The Morgan fingerprint density at radius 3 is 2.19 bits per heavy atom. The number of aromatic carboxylic acids is 1. The van der Waals surface area contributed by atoms with Crippen LogP contribution in [0.5, 0.6) is 5.75 Å². The highest BCUT2D eigenvalue weighted by Gasteiger charge is 2.23. The summed E-state index contributed by atoms with van der Waals surface area (Å²) in [6, 6.07) is 25.5. The highest BCUT2D eigenvalue weighted by molar-refractivity contribution is 7.82. The van der Waals surface area contributed by atoms with E-state index in [1.807, 2.05) is 49.4 Å². The number of carbonyl (C=O) groups excluding carboxylic acids is 2. The van der Waals surface area contributed by atoms with Crippen molar-refractivity contribution in [2.45, 2.75) is 18.4 Å². The number of hydrogen-bond acceptors (Lipinski definition) is 6. The van der Waals surface area contributed by atoms with Crippen molar-refractivity contribution in [2.75, 3.05) is 25.6 Å². The van der Waals surface area contributed by atoms with Crippen LogP contribution in [0.15, 0.2) is 95.9 Å². The lowest BCUT2D eigenvalue weighted by atomic mass is 10.0. The van der Waals surface area contributed by atoms with Crippen LogP contribution in [-0.4, -0.2) is 57.3 Å². The Labute approximate surface area is 246 Å². The first-order valence-corrected chi connectivity index (χ1v) is 14.0. The molecule has 0 radical (unpaired) electrons. The van der Waals surface area contributed by atoms with Crippen LogP contribution in [0.3, 0.4) is 0 Å². The van der Waals surface area contributed by atoms with E-state index in [1.54, 1.807) is 37.4 Å². The molecule has 0 aliphatic rings. The Bertz CT molecular complexity index is 1640. The first kappa shape index (κ1) is 30.2. The number of likely N-dealkylation sites (N-methyl/N-ethyl adjacent to an activating group) is 1. The second-order valence-electron chi connectivity index (χ2n) is 9.60. The number of hydrogen-bond donors (Lipinski definition) is 2. The summed E-state index contributed by atoms with van der Waals surface area (Å²) in [5.74, 6) is -2.62. The van der Waals surface area contributed by atoms with Gasteiger partial charge >= 0.3 is 11.9 Å². The Morgan fingerprint density at radius 2 is 1.57 bits per heavy atom. The van der Waals surface area contributed by atoms with E-state index in [1.165, 1.54) is 34.5 Å². The topological polar surface area (TPSA) is 124 Å². The van der Waals surface area contributed by atoms with E-state index < -0.39 is 34.6 Å². The van der Waals surface area contributed by atoms with Crippen LogP contribution in [0.25, 0.3) is 11.1 Å². The van der Waals surface area contributed by atoms with Crippen molar-refractivity contribution in [2.24, 2.45) is 0 Å². The van der Waals surface area contributed by atoms with Crippen molar-refractivity contribution in [3.05, 3.63) is 113 Å². The lowest BCUT2D eigenvalue weighted by Crippen LogP contribution is -2.39. The fraction of sp³-hybridized carbons (Fsp3) is 0.156. The molecule has 0 aromatic heterocycles. The monoisotopic (exact) mass is 586 g/mol. The third-order valence-corrected chi connectivity index (χ3v) is 7.97. The van der Waals surface area contributed by atoms with Gasteiger partial charge in [0.25, 0.3) is 0 Å². The standard InChI is InChI=1S/C32H30N2O7S/c1-21-7-14-27(15-8-21)42(40)33(2)20-30(36)34(26-13-16-28(31(37)38)29(35)18-26)19-22-9-11-23(12-10-22)24-5-4-6-25(17-24)32(39)41-3/h4-18,35H,19-20H2,1-3H3,(H,37,38). The molecule has 216 valence electrons. The maximum atomic E-state index is 13.6. The molecule has 0 aliphatic heterocycles. The summed E-state index contributed by atoms with van der Waals surface area (Å²) in [5, 5.41) is 19.7. The van der Waals surface area contributed by atoms with Crippen LogP contribution in [0.2, 0.25) is 0 Å². The number of carbonyl (C=O) groups is 3. The normalized spacial score (nSPS) is 11.6. The van der Waals surface area contributed by atoms with Gasteiger partial charge in [0.05, 0.1) is 30.7 Å². The highest BCUT2D eigenvalue weighted by Crippen LogP contribution is 2.28. The summed E-state index contributed by atoms with van der Waals surface area (Å²) in [5.41, 5.74) is 3.85. The molecule has 4 rings (SSSR count). The zero-order valence-electron chi connectivity index (χ0n) is 23.3. The van der Waals surface area contributed by atoms with E-state index in [2.05, 4.69) is 0 Å². The number of nitrogens with zero attached hydrogens (tertiary/aromatic N) is 2. The summed E-state index contributed by atoms with van der Waals surface area (Å²) >= 11 is 0. The first-order valence-electron chi connectivity index (χ1n) is 12.9. The van der Waals surface area contributed by atoms with Gasteiger partial charge in [-0.05, 0) is 60.0 Å².